The van der Waals surface area contributed by atoms with Crippen molar-refractivity contribution in [2.24, 2.45) is 0 Å². The summed E-state index contributed by atoms with van der Waals surface area (Å²) in [5, 5.41) is 9.61. The van der Waals surface area contributed by atoms with Crippen molar-refractivity contribution >= 4 is 17.4 Å². The van der Waals surface area contributed by atoms with Crippen molar-refractivity contribution in [3.63, 3.8) is 0 Å². The largest absolute Gasteiger partial charge is 0.335 e. The molecule has 2 aromatic rings. The lowest BCUT2D eigenvalue weighted by atomic mass is 9.96. The van der Waals surface area contributed by atoms with E-state index in [2.05, 4.69) is 45.2 Å². The number of piperidine rings is 1. The van der Waals surface area contributed by atoms with Gasteiger partial charge in [-0.1, -0.05) is 49.6 Å². The van der Waals surface area contributed by atoms with E-state index in [9.17, 15) is 4.79 Å². The topological polar surface area (TPSA) is 57.3 Å². The average Bonchev–Trinajstić information content (AvgIpc) is 3.19. The molecular weight excluding hydrogens is 368 g/mol. The minimum absolute atomic E-state index is 0.0253. The Kier molecular flexibility index (Phi) is 6.60. The first-order chi connectivity index (χ1) is 13.8. The predicted molar refractivity (Wildman–Crippen MR) is 114 cm³/mol. The van der Waals surface area contributed by atoms with E-state index in [1.54, 1.807) is 11.3 Å². The maximum atomic E-state index is 12.2. The highest BCUT2D eigenvalue weighted by Gasteiger charge is 2.23. The van der Waals surface area contributed by atoms with Crippen LogP contribution in [0.3, 0.4) is 0 Å². The number of aromatic nitrogens is 1. The van der Waals surface area contributed by atoms with Crippen molar-refractivity contribution in [3.8, 4) is 10.6 Å². The highest BCUT2D eigenvalue weighted by atomic mass is 32.1. The lowest BCUT2D eigenvalue weighted by Gasteiger charge is -2.32. The summed E-state index contributed by atoms with van der Waals surface area (Å²) in [5.41, 5.74) is 2.33. The fraction of sp³-hybridized carbons (Fsp3) is 0.545. The normalized spacial score (nSPS) is 19.4. The molecule has 1 aromatic heterocycles. The number of thiazole rings is 1. The summed E-state index contributed by atoms with van der Waals surface area (Å²) in [4.78, 5) is 19.5. The van der Waals surface area contributed by atoms with Gasteiger partial charge in [0.1, 0.15) is 5.01 Å². The first-order valence-electron chi connectivity index (χ1n) is 10.6. The quantitative estimate of drug-likeness (QED) is 0.784. The van der Waals surface area contributed by atoms with Crippen LogP contribution < -0.4 is 10.6 Å². The van der Waals surface area contributed by atoms with Gasteiger partial charge in [0.15, 0.2) is 0 Å². The molecule has 1 aliphatic carbocycles. The van der Waals surface area contributed by atoms with Crippen LogP contribution in [-0.2, 0) is 6.54 Å². The summed E-state index contributed by atoms with van der Waals surface area (Å²) in [7, 11) is 0. The summed E-state index contributed by atoms with van der Waals surface area (Å²) in [6, 6.07) is 11.0. The SMILES string of the molecule is O=C(NC1CCCCC1)NC1CCN(Cc2csc(-c3ccccc3)n2)CC1. The molecule has 2 amide bonds. The van der Waals surface area contributed by atoms with Crippen LogP contribution in [-0.4, -0.2) is 41.1 Å². The molecule has 0 bridgehead atoms. The Hall–Kier alpha value is -1.92. The van der Waals surface area contributed by atoms with Gasteiger partial charge in [-0.15, -0.1) is 11.3 Å². The van der Waals surface area contributed by atoms with Crippen molar-refractivity contribution in [1.82, 2.24) is 20.5 Å². The molecule has 6 heteroatoms. The Morgan fingerprint density at radius 3 is 2.39 bits per heavy atom. The van der Waals surface area contributed by atoms with E-state index in [0.29, 0.717) is 6.04 Å². The molecule has 0 spiro atoms. The summed E-state index contributed by atoms with van der Waals surface area (Å²) in [6.07, 6.45) is 8.07. The number of rotatable bonds is 5. The Morgan fingerprint density at radius 1 is 1.00 bits per heavy atom. The first kappa shape index (κ1) is 19.4. The van der Waals surface area contributed by atoms with Gasteiger partial charge in [0.25, 0.3) is 0 Å². The molecule has 0 unspecified atom stereocenters. The zero-order chi connectivity index (χ0) is 19.2. The molecule has 1 aromatic carbocycles. The molecule has 1 saturated heterocycles. The van der Waals surface area contributed by atoms with Crippen molar-refractivity contribution in [3.05, 3.63) is 41.4 Å². The summed E-state index contributed by atoms with van der Waals surface area (Å²) in [5.74, 6) is 0. The third-order valence-corrected chi connectivity index (χ3v) is 6.76. The molecule has 2 heterocycles. The number of carbonyl (C=O) groups is 1. The number of carbonyl (C=O) groups excluding carboxylic acids is 1. The molecular formula is C22H30N4OS. The zero-order valence-electron chi connectivity index (χ0n) is 16.4. The number of likely N-dealkylation sites (tertiary alicyclic amines) is 1. The zero-order valence-corrected chi connectivity index (χ0v) is 17.2. The lowest BCUT2D eigenvalue weighted by molar-refractivity contribution is 0.183. The number of nitrogens with one attached hydrogen (secondary N) is 2. The lowest BCUT2D eigenvalue weighted by Crippen LogP contribution is -2.50. The first-order valence-corrected chi connectivity index (χ1v) is 11.4. The van der Waals surface area contributed by atoms with Crippen LogP contribution in [0.1, 0.15) is 50.6 Å². The van der Waals surface area contributed by atoms with Crippen molar-refractivity contribution in [2.45, 2.75) is 63.6 Å². The number of benzene rings is 1. The summed E-state index contributed by atoms with van der Waals surface area (Å²) in [6.45, 7) is 2.91. The van der Waals surface area contributed by atoms with Gasteiger partial charge in [0, 0.05) is 42.7 Å². The number of urea groups is 1. The minimum Gasteiger partial charge on any atom is -0.335 e. The molecule has 0 radical (unpaired) electrons. The molecule has 5 nitrogen and oxygen atoms in total. The van der Waals surface area contributed by atoms with Crippen LogP contribution in [0.2, 0.25) is 0 Å². The van der Waals surface area contributed by atoms with Crippen LogP contribution >= 0.6 is 11.3 Å². The Morgan fingerprint density at radius 2 is 1.68 bits per heavy atom. The average molecular weight is 399 g/mol. The van der Waals surface area contributed by atoms with Gasteiger partial charge in [-0.3, -0.25) is 4.90 Å². The summed E-state index contributed by atoms with van der Waals surface area (Å²) < 4.78 is 0. The monoisotopic (exact) mass is 398 g/mol. The molecule has 0 atom stereocenters. The van der Waals surface area contributed by atoms with E-state index in [4.69, 9.17) is 4.98 Å². The van der Waals surface area contributed by atoms with E-state index in [-0.39, 0.29) is 12.1 Å². The number of hydrogen-bond acceptors (Lipinski definition) is 4. The standard InChI is InChI=1S/C22H30N4OS/c27-22(24-18-9-5-2-6-10-18)25-19-11-13-26(14-12-19)15-20-16-28-21(23-20)17-7-3-1-4-8-17/h1,3-4,7-8,16,18-19H,2,5-6,9-15H2,(H2,24,25,27). The Labute approximate surface area is 171 Å². The smallest absolute Gasteiger partial charge is 0.315 e. The predicted octanol–water partition coefficient (Wildman–Crippen LogP) is 4.41. The van der Waals surface area contributed by atoms with Gasteiger partial charge in [-0.25, -0.2) is 9.78 Å². The van der Waals surface area contributed by atoms with Gasteiger partial charge in [-0.2, -0.15) is 0 Å². The van der Waals surface area contributed by atoms with Crippen LogP contribution in [0.15, 0.2) is 35.7 Å². The number of amides is 2. The van der Waals surface area contributed by atoms with Gasteiger partial charge >= 0.3 is 6.03 Å². The van der Waals surface area contributed by atoms with Crippen molar-refractivity contribution in [1.29, 1.82) is 0 Å². The fourth-order valence-electron chi connectivity index (χ4n) is 4.22. The molecule has 2 aliphatic rings. The molecule has 150 valence electrons. The third-order valence-electron chi connectivity index (χ3n) is 5.82. The second kappa shape index (κ2) is 9.52. The van der Waals surface area contributed by atoms with Gasteiger partial charge in [-0.05, 0) is 25.7 Å². The molecule has 4 rings (SSSR count). The number of nitrogens with zero attached hydrogens (tertiary/aromatic N) is 2. The molecule has 1 aliphatic heterocycles. The Bertz CT molecular complexity index is 749. The van der Waals surface area contributed by atoms with E-state index < -0.39 is 0 Å². The number of hydrogen-bond donors (Lipinski definition) is 2. The second-order valence-electron chi connectivity index (χ2n) is 8.01. The van der Waals surface area contributed by atoms with Gasteiger partial charge < -0.3 is 10.6 Å². The second-order valence-corrected chi connectivity index (χ2v) is 8.87. The molecule has 28 heavy (non-hydrogen) atoms. The van der Waals surface area contributed by atoms with Gasteiger partial charge in [0.2, 0.25) is 0 Å². The van der Waals surface area contributed by atoms with Crippen molar-refractivity contribution in [2.75, 3.05) is 13.1 Å². The molecule has 2 fully saturated rings. The maximum absolute atomic E-state index is 12.2. The van der Waals surface area contributed by atoms with E-state index >= 15 is 0 Å². The highest BCUT2D eigenvalue weighted by molar-refractivity contribution is 7.13. The summed E-state index contributed by atoms with van der Waals surface area (Å²) >= 11 is 1.71. The van der Waals surface area contributed by atoms with E-state index in [0.717, 1.165) is 56.0 Å². The fourth-order valence-corrected chi connectivity index (χ4v) is 5.03. The highest BCUT2D eigenvalue weighted by Crippen LogP contribution is 2.24. The Balaban J connectivity index is 1.20. The van der Waals surface area contributed by atoms with E-state index in [1.165, 1.54) is 24.8 Å². The van der Waals surface area contributed by atoms with Crippen LogP contribution in [0.4, 0.5) is 4.79 Å². The third kappa shape index (κ3) is 5.32. The van der Waals surface area contributed by atoms with Gasteiger partial charge in [0.05, 0.1) is 5.69 Å². The van der Waals surface area contributed by atoms with Crippen LogP contribution in [0.5, 0.6) is 0 Å². The minimum atomic E-state index is 0.0253. The van der Waals surface area contributed by atoms with Crippen LogP contribution in [0.25, 0.3) is 10.6 Å². The molecule has 1 saturated carbocycles. The van der Waals surface area contributed by atoms with Crippen LogP contribution in [0, 0.1) is 0 Å². The maximum Gasteiger partial charge on any atom is 0.315 e. The molecule has 2 N–H and O–H groups in total. The van der Waals surface area contributed by atoms with E-state index in [1.807, 2.05) is 6.07 Å². The van der Waals surface area contributed by atoms with Crippen molar-refractivity contribution < 1.29 is 4.79 Å².